The number of aromatic amines is 1. The Hall–Kier alpha value is -1.62. The summed E-state index contributed by atoms with van der Waals surface area (Å²) < 4.78 is 0. The van der Waals surface area contributed by atoms with Gasteiger partial charge in [-0.05, 0) is 44.4 Å². The number of amides is 1. The van der Waals surface area contributed by atoms with Crippen LogP contribution in [-0.2, 0) is 11.3 Å². The van der Waals surface area contributed by atoms with E-state index in [9.17, 15) is 9.59 Å². The van der Waals surface area contributed by atoms with Gasteiger partial charge in [-0.3, -0.25) is 9.59 Å². The van der Waals surface area contributed by atoms with Gasteiger partial charge in [0.05, 0.1) is 5.41 Å². The third kappa shape index (κ3) is 2.16. The number of aryl methyl sites for hydroxylation is 1. The van der Waals surface area contributed by atoms with Crippen molar-refractivity contribution in [1.29, 1.82) is 0 Å². The van der Waals surface area contributed by atoms with Gasteiger partial charge in [0.25, 0.3) is 5.56 Å². The maximum atomic E-state index is 12.6. The van der Waals surface area contributed by atoms with Gasteiger partial charge in [-0.25, -0.2) is 0 Å². The van der Waals surface area contributed by atoms with E-state index in [-0.39, 0.29) is 16.9 Å². The van der Waals surface area contributed by atoms with Crippen LogP contribution in [0.3, 0.4) is 0 Å². The molecule has 1 aromatic heterocycles. The highest BCUT2D eigenvalue weighted by Crippen LogP contribution is 2.44. The van der Waals surface area contributed by atoms with Crippen LogP contribution in [0.4, 0.5) is 0 Å². The molecule has 1 aliphatic carbocycles. The fraction of sp³-hybridized carbons (Fsp3) is 0.600. The van der Waals surface area contributed by atoms with Crippen molar-refractivity contribution in [3.63, 3.8) is 0 Å². The number of H-pyrrole nitrogens is 1. The summed E-state index contributed by atoms with van der Waals surface area (Å²) in [6.45, 7) is 3.15. The van der Waals surface area contributed by atoms with Gasteiger partial charge < -0.3 is 15.6 Å². The Morgan fingerprint density at radius 2 is 2.35 bits per heavy atom. The second-order valence-corrected chi connectivity index (χ2v) is 6.02. The summed E-state index contributed by atoms with van der Waals surface area (Å²) in [5, 5.41) is 6.40. The first-order chi connectivity index (χ1) is 9.62. The Bertz CT molecular complexity index is 569. The summed E-state index contributed by atoms with van der Waals surface area (Å²) in [5.74, 6) is 0.103. The van der Waals surface area contributed by atoms with Crippen LogP contribution in [0.2, 0.25) is 0 Å². The van der Waals surface area contributed by atoms with Crippen LogP contribution in [0.25, 0.3) is 0 Å². The van der Waals surface area contributed by atoms with Crippen molar-refractivity contribution in [1.82, 2.24) is 15.6 Å². The maximum absolute atomic E-state index is 12.6. The van der Waals surface area contributed by atoms with Gasteiger partial charge in [-0.15, -0.1) is 0 Å². The number of fused-ring (bicyclic) bond motifs is 1. The van der Waals surface area contributed by atoms with Gasteiger partial charge in [-0.1, -0.05) is 6.42 Å². The van der Waals surface area contributed by atoms with Crippen LogP contribution in [-0.4, -0.2) is 23.5 Å². The van der Waals surface area contributed by atoms with Crippen molar-refractivity contribution in [3.8, 4) is 0 Å². The predicted octanol–water partition coefficient (Wildman–Crippen LogP) is 0.832. The molecule has 0 unspecified atom stereocenters. The number of aromatic nitrogens is 1. The number of hydrogen-bond donors (Lipinski definition) is 3. The van der Waals surface area contributed by atoms with Gasteiger partial charge >= 0.3 is 0 Å². The summed E-state index contributed by atoms with van der Waals surface area (Å²) in [6.07, 6.45) is 5.74. The molecule has 3 rings (SSSR count). The molecule has 5 nitrogen and oxygen atoms in total. The lowest BCUT2D eigenvalue weighted by molar-refractivity contribution is -0.131. The van der Waals surface area contributed by atoms with Crippen molar-refractivity contribution >= 4 is 5.91 Å². The number of nitrogens with one attached hydrogen (secondary N) is 3. The second-order valence-electron chi connectivity index (χ2n) is 6.02. The average Bonchev–Trinajstić information content (AvgIpc) is 2.99. The zero-order valence-electron chi connectivity index (χ0n) is 11.8. The van der Waals surface area contributed by atoms with E-state index in [0.29, 0.717) is 18.2 Å². The number of carbonyl (C=O) groups excluding carboxylic acids is 1. The first kappa shape index (κ1) is 13.4. The van der Waals surface area contributed by atoms with Crippen molar-refractivity contribution < 1.29 is 4.79 Å². The van der Waals surface area contributed by atoms with Crippen molar-refractivity contribution in [2.24, 2.45) is 5.41 Å². The van der Waals surface area contributed by atoms with E-state index in [1.165, 1.54) is 0 Å². The molecule has 1 aromatic rings. The standard InChI is InChI=1S/C15H21N3O2/c1-10-7-11(13(19)17-8-10)9-18-14(20)15-4-2-3-12(15)16-6-5-15/h7-8,12,16H,2-6,9H2,1H3,(H,17,19)(H,18,20)/t12-,15+/m1/s1. The summed E-state index contributed by atoms with van der Waals surface area (Å²) in [4.78, 5) is 27.0. The second kappa shape index (κ2) is 5.05. The number of hydrogen-bond acceptors (Lipinski definition) is 3. The van der Waals surface area contributed by atoms with Crippen LogP contribution in [0.1, 0.15) is 36.8 Å². The largest absolute Gasteiger partial charge is 0.351 e. The van der Waals surface area contributed by atoms with E-state index < -0.39 is 0 Å². The molecule has 20 heavy (non-hydrogen) atoms. The minimum absolute atomic E-state index is 0.103. The fourth-order valence-corrected chi connectivity index (χ4v) is 3.66. The van der Waals surface area contributed by atoms with E-state index in [0.717, 1.165) is 37.8 Å². The molecule has 1 aliphatic heterocycles. The van der Waals surface area contributed by atoms with E-state index >= 15 is 0 Å². The first-order valence-corrected chi connectivity index (χ1v) is 7.32. The highest BCUT2D eigenvalue weighted by molar-refractivity contribution is 5.84. The zero-order valence-corrected chi connectivity index (χ0v) is 11.8. The molecule has 108 valence electrons. The quantitative estimate of drug-likeness (QED) is 0.765. The minimum atomic E-state index is -0.239. The van der Waals surface area contributed by atoms with Crippen LogP contribution < -0.4 is 16.2 Å². The minimum Gasteiger partial charge on any atom is -0.351 e. The molecule has 1 amide bonds. The smallest absolute Gasteiger partial charge is 0.252 e. The van der Waals surface area contributed by atoms with Crippen LogP contribution in [0, 0.1) is 12.3 Å². The lowest BCUT2D eigenvalue weighted by Crippen LogP contribution is -2.45. The van der Waals surface area contributed by atoms with Gasteiger partial charge in [0.2, 0.25) is 5.91 Å². The summed E-state index contributed by atoms with van der Waals surface area (Å²) >= 11 is 0. The molecule has 2 atom stereocenters. The first-order valence-electron chi connectivity index (χ1n) is 7.32. The predicted molar refractivity (Wildman–Crippen MR) is 76.3 cm³/mol. The van der Waals surface area contributed by atoms with E-state index in [2.05, 4.69) is 15.6 Å². The fourth-order valence-electron chi connectivity index (χ4n) is 3.66. The molecular weight excluding hydrogens is 254 g/mol. The zero-order chi connectivity index (χ0) is 14.2. The Balaban J connectivity index is 1.71. The Morgan fingerprint density at radius 3 is 3.20 bits per heavy atom. The van der Waals surface area contributed by atoms with E-state index in [1.54, 1.807) is 6.20 Å². The van der Waals surface area contributed by atoms with Crippen molar-refractivity contribution in [2.75, 3.05) is 6.54 Å². The number of pyridine rings is 1. The van der Waals surface area contributed by atoms with Gasteiger partial charge in [0.1, 0.15) is 0 Å². The monoisotopic (exact) mass is 275 g/mol. The van der Waals surface area contributed by atoms with Crippen LogP contribution in [0.5, 0.6) is 0 Å². The lowest BCUT2D eigenvalue weighted by atomic mass is 9.81. The van der Waals surface area contributed by atoms with Crippen molar-refractivity contribution in [3.05, 3.63) is 33.7 Å². The highest BCUT2D eigenvalue weighted by Gasteiger charge is 2.51. The summed E-state index contributed by atoms with van der Waals surface area (Å²) in [7, 11) is 0. The molecule has 0 aromatic carbocycles. The molecule has 1 saturated heterocycles. The lowest BCUT2D eigenvalue weighted by Gasteiger charge is -2.27. The third-order valence-electron chi connectivity index (χ3n) is 4.76. The van der Waals surface area contributed by atoms with Crippen LogP contribution >= 0.6 is 0 Å². The highest BCUT2D eigenvalue weighted by atomic mass is 16.2. The number of carbonyl (C=O) groups is 1. The average molecular weight is 275 g/mol. The molecule has 5 heteroatoms. The van der Waals surface area contributed by atoms with Gasteiger partial charge in [0.15, 0.2) is 0 Å². The Labute approximate surface area is 118 Å². The molecule has 0 spiro atoms. The molecule has 0 radical (unpaired) electrons. The van der Waals surface area contributed by atoms with Crippen LogP contribution in [0.15, 0.2) is 17.1 Å². The summed E-state index contributed by atoms with van der Waals surface area (Å²) in [6, 6.07) is 2.15. The Morgan fingerprint density at radius 1 is 1.50 bits per heavy atom. The molecule has 0 bridgehead atoms. The molecule has 2 heterocycles. The number of rotatable bonds is 3. The molecule has 2 fully saturated rings. The van der Waals surface area contributed by atoms with Gasteiger partial charge in [-0.2, -0.15) is 0 Å². The Kier molecular flexibility index (Phi) is 3.38. The molecule has 2 aliphatic rings. The van der Waals surface area contributed by atoms with Gasteiger partial charge in [0, 0.05) is 24.3 Å². The maximum Gasteiger partial charge on any atom is 0.252 e. The molecule has 3 N–H and O–H groups in total. The third-order valence-corrected chi connectivity index (χ3v) is 4.76. The topological polar surface area (TPSA) is 74.0 Å². The normalized spacial score (nSPS) is 28.4. The molecule has 1 saturated carbocycles. The van der Waals surface area contributed by atoms with E-state index in [1.807, 2.05) is 13.0 Å². The molecular formula is C15H21N3O2. The van der Waals surface area contributed by atoms with Crippen molar-refractivity contribution in [2.45, 2.75) is 45.2 Å². The van der Waals surface area contributed by atoms with E-state index in [4.69, 9.17) is 0 Å². The summed E-state index contributed by atoms with van der Waals surface area (Å²) in [5.41, 5.74) is 1.25. The SMILES string of the molecule is Cc1c[nH]c(=O)c(CNC(=O)[C@]23CCC[C@H]2NCC3)c1.